The number of carbonyl (C=O) groups is 4. The normalized spacial score (nSPS) is 24.3. The molecule has 4 amide bonds. The molecule has 164 valence electrons. The molecule has 2 aromatic rings. The van der Waals surface area contributed by atoms with Gasteiger partial charge < -0.3 is 9.31 Å². The molecule has 0 aliphatic carbocycles. The molecule has 0 spiro atoms. The second-order valence-corrected chi connectivity index (χ2v) is 9.47. The SMILES string of the molecule is CC1(C)OB(c2ccc3cccc4c3c2C(=O)N(C2CCC(=O)NC2=O)C4=O)OC1(C)C. The van der Waals surface area contributed by atoms with E-state index in [-0.39, 0.29) is 12.8 Å². The van der Waals surface area contributed by atoms with E-state index in [0.29, 0.717) is 22.0 Å². The third kappa shape index (κ3) is 2.84. The van der Waals surface area contributed by atoms with Crippen molar-refractivity contribution in [3.8, 4) is 0 Å². The van der Waals surface area contributed by atoms with Gasteiger partial charge in [-0.25, -0.2) is 0 Å². The van der Waals surface area contributed by atoms with Crippen LogP contribution in [0.2, 0.25) is 0 Å². The number of rotatable bonds is 2. The smallest absolute Gasteiger partial charge is 0.399 e. The highest BCUT2D eigenvalue weighted by molar-refractivity contribution is 6.64. The molecule has 8 nitrogen and oxygen atoms in total. The van der Waals surface area contributed by atoms with Crippen molar-refractivity contribution in [3.05, 3.63) is 41.5 Å². The van der Waals surface area contributed by atoms with Crippen molar-refractivity contribution >= 4 is 47.0 Å². The Balaban J connectivity index is 1.68. The minimum absolute atomic E-state index is 0.0589. The first kappa shape index (κ1) is 20.8. The van der Waals surface area contributed by atoms with Crippen LogP contribution in [0.25, 0.3) is 10.8 Å². The molecule has 5 rings (SSSR count). The quantitative estimate of drug-likeness (QED) is 0.569. The van der Waals surface area contributed by atoms with Gasteiger partial charge in [0, 0.05) is 22.9 Å². The predicted octanol–water partition coefficient (Wildman–Crippen LogP) is 1.54. The van der Waals surface area contributed by atoms with Gasteiger partial charge >= 0.3 is 7.12 Å². The number of imide groups is 2. The van der Waals surface area contributed by atoms with Crippen molar-refractivity contribution in [2.75, 3.05) is 0 Å². The molecule has 0 bridgehead atoms. The fourth-order valence-corrected chi connectivity index (χ4v) is 4.52. The highest BCUT2D eigenvalue weighted by Gasteiger charge is 2.54. The van der Waals surface area contributed by atoms with Crippen LogP contribution in [-0.4, -0.2) is 52.9 Å². The standard InChI is InChI=1S/C23H23BN2O6/c1-22(2)23(3,4)32-24(31-22)14-9-8-12-6-5-7-13-17(12)18(14)21(30)26(20(13)29)15-10-11-16(27)25-19(15)28/h5-9,15H,10-11H2,1-4H3,(H,25,27,28). The van der Waals surface area contributed by atoms with Crippen molar-refractivity contribution < 1.29 is 28.5 Å². The van der Waals surface area contributed by atoms with Crippen LogP contribution in [0.1, 0.15) is 61.3 Å². The fourth-order valence-electron chi connectivity index (χ4n) is 4.52. The molecule has 3 heterocycles. The number of benzene rings is 2. The summed E-state index contributed by atoms with van der Waals surface area (Å²) in [4.78, 5) is 52.3. The van der Waals surface area contributed by atoms with E-state index in [1.165, 1.54) is 0 Å². The topological polar surface area (TPSA) is 102 Å². The molecule has 3 aliphatic rings. The molecule has 9 heteroatoms. The average Bonchev–Trinajstić information content (AvgIpc) is 2.94. The minimum atomic E-state index is -1.05. The van der Waals surface area contributed by atoms with Crippen LogP contribution in [0.15, 0.2) is 30.3 Å². The first-order chi connectivity index (χ1) is 15.0. The molecule has 2 saturated heterocycles. The van der Waals surface area contributed by atoms with Crippen molar-refractivity contribution in [2.45, 2.75) is 57.8 Å². The first-order valence-electron chi connectivity index (χ1n) is 10.6. The second kappa shape index (κ2) is 6.73. The Labute approximate surface area is 185 Å². The molecule has 2 fully saturated rings. The maximum absolute atomic E-state index is 13.8. The summed E-state index contributed by atoms with van der Waals surface area (Å²) in [5.74, 6) is -2.19. The number of nitrogens with one attached hydrogen (secondary N) is 1. The Morgan fingerprint density at radius 3 is 2.31 bits per heavy atom. The summed E-state index contributed by atoms with van der Waals surface area (Å²) in [6.07, 6.45) is 0.148. The molecule has 0 saturated carbocycles. The van der Waals surface area contributed by atoms with E-state index < -0.39 is 48.0 Å². The van der Waals surface area contributed by atoms with Gasteiger partial charge in [-0.05, 0) is 51.0 Å². The Kier molecular flexibility index (Phi) is 4.38. The van der Waals surface area contributed by atoms with Gasteiger partial charge in [0.05, 0.1) is 11.2 Å². The lowest BCUT2D eigenvalue weighted by molar-refractivity contribution is -0.136. The fraction of sp³-hybridized carbons (Fsp3) is 0.391. The number of nitrogens with zero attached hydrogens (tertiary/aromatic N) is 1. The van der Waals surface area contributed by atoms with Crippen molar-refractivity contribution in [3.63, 3.8) is 0 Å². The van der Waals surface area contributed by atoms with Crippen LogP contribution in [0.5, 0.6) is 0 Å². The summed E-state index contributed by atoms with van der Waals surface area (Å²) in [5, 5.41) is 3.50. The molecule has 3 aliphatic heterocycles. The number of hydrogen-bond acceptors (Lipinski definition) is 6. The Bertz CT molecular complexity index is 1200. The van der Waals surface area contributed by atoms with E-state index in [4.69, 9.17) is 9.31 Å². The van der Waals surface area contributed by atoms with Gasteiger partial charge in [-0.3, -0.25) is 29.4 Å². The molecular weight excluding hydrogens is 411 g/mol. The second-order valence-electron chi connectivity index (χ2n) is 9.47. The summed E-state index contributed by atoms with van der Waals surface area (Å²) in [5.41, 5.74) is -0.0924. The molecule has 0 aromatic heterocycles. The number of hydrogen-bond donors (Lipinski definition) is 1. The predicted molar refractivity (Wildman–Crippen MR) is 116 cm³/mol. The minimum Gasteiger partial charge on any atom is -0.399 e. The van der Waals surface area contributed by atoms with Gasteiger partial charge in [0.15, 0.2) is 0 Å². The van der Waals surface area contributed by atoms with E-state index in [9.17, 15) is 19.2 Å². The van der Waals surface area contributed by atoms with Crippen LogP contribution >= 0.6 is 0 Å². The van der Waals surface area contributed by atoms with Crippen LogP contribution in [-0.2, 0) is 18.9 Å². The monoisotopic (exact) mass is 434 g/mol. The van der Waals surface area contributed by atoms with E-state index in [1.54, 1.807) is 18.2 Å². The van der Waals surface area contributed by atoms with Gasteiger partial charge in [-0.2, -0.15) is 0 Å². The molecular formula is C23H23BN2O6. The van der Waals surface area contributed by atoms with E-state index in [2.05, 4.69) is 5.32 Å². The van der Waals surface area contributed by atoms with Gasteiger partial charge in [-0.1, -0.05) is 24.3 Å². The summed E-state index contributed by atoms with van der Waals surface area (Å²) in [7, 11) is -0.812. The molecule has 1 atom stereocenters. The Morgan fingerprint density at radius 2 is 1.66 bits per heavy atom. The lowest BCUT2D eigenvalue weighted by atomic mass is 9.72. The lowest BCUT2D eigenvalue weighted by Crippen LogP contribution is -2.58. The van der Waals surface area contributed by atoms with E-state index >= 15 is 0 Å². The Hall–Kier alpha value is -3.04. The van der Waals surface area contributed by atoms with Crippen molar-refractivity contribution in [2.24, 2.45) is 0 Å². The maximum atomic E-state index is 13.8. The van der Waals surface area contributed by atoms with Gasteiger partial charge in [-0.15, -0.1) is 0 Å². The van der Waals surface area contributed by atoms with Crippen LogP contribution in [0, 0.1) is 0 Å². The first-order valence-corrected chi connectivity index (χ1v) is 10.6. The molecule has 0 radical (unpaired) electrons. The summed E-state index contributed by atoms with van der Waals surface area (Å²) in [6, 6.07) is 7.78. The molecule has 1 N–H and O–H groups in total. The highest BCUT2D eigenvalue weighted by Crippen LogP contribution is 2.38. The summed E-state index contributed by atoms with van der Waals surface area (Å²) >= 11 is 0. The maximum Gasteiger partial charge on any atom is 0.495 e. The molecule has 2 aromatic carbocycles. The molecule has 1 unspecified atom stereocenters. The van der Waals surface area contributed by atoms with E-state index in [0.717, 1.165) is 10.3 Å². The number of amides is 4. The number of carbonyl (C=O) groups excluding carboxylic acids is 4. The third-order valence-corrected chi connectivity index (χ3v) is 6.99. The van der Waals surface area contributed by atoms with Crippen LogP contribution in [0.3, 0.4) is 0 Å². The largest absolute Gasteiger partial charge is 0.495 e. The van der Waals surface area contributed by atoms with Gasteiger partial charge in [0.2, 0.25) is 11.8 Å². The summed E-state index contributed by atoms with van der Waals surface area (Å²) in [6.45, 7) is 7.69. The highest BCUT2D eigenvalue weighted by atomic mass is 16.7. The zero-order valence-electron chi connectivity index (χ0n) is 18.4. The summed E-state index contributed by atoms with van der Waals surface area (Å²) < 4.78 is 12.4. The van der Waals surface area contributed by atoms with Gasteiger partial charge in [0.25, 0.3) is 11.8 Å². The van der Waals surface area contributed by atoms with E-state index in [1.807, 2.05) is 39.8 Å². The van der Waals surface area contributed by atoms with Gasteiger partial charge in [0.1, 0.15) is 6.04 Å². The third-order valence-electron chi connectivity index (χ3n) is 6.99. The Morgan fingerprint density at radius 1 is 0.969 bits per heavy atom. The van der Waals surface area contributed by atoms with Crippen LogP contribution < -0.4 is 10.8 Å². The average molecular weight is 434 g/mol. The number of piperidine rings is 1. The van der Waals surface area contributed by atoms with Crippen LogP contribution in [0.4, 0.5) is 0 Å². The molecule has 32 heavy (non-hydrogen) atoms. The van der Waals surface area contributed by atoms with Crippen molar-refractivity contribution in [1.82, 2.24) is 10.2 Å². The van der Waals surface area contributed by atoms with Crippen molar-refractivity contribution in [1.29, 1.82) is 0 Å². The zero-order chi connectivity index (χ0) is 23.0. The zero-order valence-corrected chi connectivity index (χ0v) is 18.4. The lowest BCUT2D eigenvalue weighted by Gasteiger charge is -2.35.